The van der Waals surface area contributed by atoms with Crippen molar-refractivity contribution in [3.63, 3.8) is 0 Å². The summed E-state index contributed by atoms with van der Waals surface area (Å²) in [5.74, 6) is 0.354. The molecule has 1 amide bonds. The van der Waals surface area contributed by atoms with E-state index in [0.717, 1.165) is 10.9 Å². The predicted molar refractivity (Wildman–Crippen MR) is 91.6 cm³/mol. The fourth-order valence-corrected chi connectivity index (χ4v) is 2.16. The number of nitrogens with one attached hydrogen (secondary N) is 1. The summed E-state index contributed by atoms with van der Waals surface area (Å²) in [4.78, 5) is 11.7. The van der Waals surface area contributed by atoms with Crippen molar-refractivity contribution in [1.82, 2.24) is 5.43 Å². The van der Waals surface area contributed by atoms with E-state index in [-0.39, 0.29) is 12.5 Å². The van der Waals surface area contributed by atoms with Gasteiger partial charge in [0.15, 0.2) is 6.61 Å². The molecule has 0 atom stereocenters. The molecule has 3 aromatic carbocycles. The maximum absolute atomic E-state index is 11.7. The van der Waals surface area contributed by atoms with Crippen LogP contribution in [0.25, 0.3) is 10.8 Å². The Labute approximate surface area is 134 Å². The average Bonchev–Trinajstić information content (AvgIpc) is 2.61. The number of rotatable bonds is 5. The van der Waals surface area contributed by atoms with Crippen molar-refractivity contribution >= 4 is 22.9 Å². The number of hydrogen-bond acceptors (Lipinski definition) is 3. The Morgan fingerprint density at radius 3 is 2.52 bits per heavy atom. The molecule has 0 aliphatic heterocycles. The molecule has 0 saturated heterocycles. The molecular formula is C19H16N2O2. The molecule has 0 aromatic heterocycles. The Bertz CT molecular complexity index is 829. The second-order valence-corrected chi connectivity index (χ2v) is 5.00. The van der Waals surface area contributed by atoms with Gasteiger partial charge in [-0.2, -0.15) is 5.10 Å². The first-order valence-electron chi connectivity index (χ1n) is 7.30. The number of nitrogens with zero attached hydrogens (tertiary/aromatic N) is 1. The summed E-state index contributed by atoms with van der Waals surface area (Å²) in [6.07, 6.45) is 1.62. The molecule has 1 N–H and O–H groups in total. The van der Waals surface area contributed by atoms with Crippen molar-refractivity contribution in [1.29, 1.82) is 0 Å². The van der Waals surface area contributed by atoms with Crippen LogP contribution < -0.4 is 10.2 Å². The van der Waals surface area contributed by atoms with Crippen molar-refractivity contribution in [3.05, 3.63) is 78.4 Å². The lowest BCUT2D eigenvalue weighted by Crippen LogP contribution is -2.24. The van der Waals surface area contributed by atoms with Crippen LogP contribution in [0, 0.1) is 0 Å². The largest absolute Gasteiger partial charge is 0.484 e. The van der Waals surface area contributed by atoms with Gasteiger partial charge in [-0.3, -0.25) is 4.79 Å². The Kier molecular flexibility index (Phi) is 4.64. The Hall–Kier alpha value is -3.14. The van der Waals surface area contributed by atoms with Crippen molar-refractivity contribution in [2.45, 2.75) is 0 Å². The van der Waals surface area contributed by atoms with E-state index in [0.29, 0.717) is 5.75 Å². The maximum Gasteiger partial charge on any atom is 0.277 e. The van der Waals surface area contributed by atoms with Crippen LogP contribution >= 0.6 is 0 Å². The van der Waals surface area contributed by atoms with E-state index >= 15 is 0 Å². The van der Waals surface area contributed by atoms with Crippen LogP contribution in [-0.4, -0.2) is 18.7 Å². The second-order valence-electron chi connectivity index (χ2n) is 5.00. The third-order valence-electron chi connectivity index (χ3n) is 3.29. The Morgan fingerprint density at radius 2 is 1.70 bits per heavy atom. The molecule has 3 aromatic rings. The number of hydrogen-bond donors (Lipinski definition) is 1. The van der Waals surface area contributed by atoms with Crippen molar-refractivity contribution in [2.75, 3.05) is 6.61 Å². The van der Waals surface area contributed by atoms with Crippen LogP contribution in [0.15, 0.2) is 77.9 Å². The first-order chi connectivity index (χ1) is 11.3. The third-order valence-corrected chi connectivity index (χ3v) is 3.29. The van der Waals surface area contributed by atoms with Crippen LogP contribution in [0.5, 0.6) is 5.75 Å². The molecule has 0 aliphatic carbocycles. The van der Waals surface area contributed by atoms with E-state index in [1.807, 2.05) is 54.6 Å². The van der Waals surface area contributed by atoms with Gasteiger partial charge in [-0.25, -0.2) is 5.43 Å². The van der Waals surface area contributed by atoms with Crippen molar-refractivity contribution in [3.8, 4) is 5.75 Å². The van der Waals surface area contributed by atoms with Gasteiger partial charge in [0.25, 0.3) is 5.91 Å². The van der Waals surface area contributed by atoms with Gasteiger partial charge in [-0.05, 0) is 34.5 Å². The average molecular weight is 304 g/mol. The molecule has 0 bridgehead atoms. The number of para-hydroxylation sites is 1. The summed E-state index contributed by atoms with van der Waals surface area (Å²) in [5, 5.41) is 6.26. The van der Waals surface area contributed by atoms with E-state index in [9.17, 15) is 4.79 Å². The Balaban J connectivity index is 1.54. The molecule has 3 rings (SSSR count). The number of hydrazone groups is 1. The van der Waals surface area contributed by atoms with Gasteiger partial charge in [0, 0.05) is 0 Å². The van der Waals surface area contributed by atoms with Gasteiger partial charge in [-0.15, -0.1) is 0 Å². The minimum absolute atomic E-state index is 0.0704. The number of ether oxygens (including phenoxy) is 1. The minimum atomic E-state index is -0.300. The molecule has 0 fully saturated rings. The van der Waals surface area contributed by atoms with Crippen LogP contribution in [0.2, 0.25) is 0 Å². The van der Waals surface area contributed by atoms with E-state index in [4.69, 9.17) is 4.74 Å². The van der Waals surface area contributed by atoms with Gasteiger partial charge < -0.3 is 4.74 Å². The zero-order valence-corrected chi connectivity index (χ0v) is 12.5. The van der Waals surface area contributed by atoms with Gasteiger partial charge >= 0.3 is 0 Å². The zero-order chi connectivity index (χ0) is 15.9. The molecule has 0 heterocycles. The Morgan fingerprint density at radius 1 is 0.957 bits per heavy atom. The topological polar surface area (TPSA) is 50.7 Å². The summed E-state index contributed by atoms with van der Waals surface area (Å²) in [7, 11) is 0. The summed E-state index contributed by atoms with van der Waals surface area (Å²) < 4.78 is 5.34. The number of benzene rings is 3. The maximum atomic E-state index is 11.7. The fourth-order valence-electron chi connectivity index (χ4n) is 2.16. The molecular weight excluding hydrogens is 288 g/mol. The molecule has 4 nitrogen and oxygen atoms in total. The van der Waals surface area contributed by atoms with E-state index in [1.54, 1.807) is 18.3 Å². The normalized spacial score (nSPS) is 10.8. The predicted octanol–water partition coefficient (Wildman–Crippen LogP) is 3.37. The lowest BCUT2D eigenvalue weighted by atomic mass is 10.1. The highest BCUT2D eigenvalue weighted by atomic mass is 16.5. The van der Waals surface area contributed by atoms with Crippen LogP contribution in [-0.2, 0) is 4.79 Å². The highest BCUT2D eigenvalue weighted by molar-refractivity contribution is 5.90. The second kappa shape index (κ2) is 7.22. The lowest BCUT2D eigenvalue weighted by molar-refractivity contribution is -0.123. The van der Waals surface area contributed by atoms with Gasteiger partial charge in [0.05, 0.1) is 6.21 Å². The SMILES string of the molecule is O=C(COc1ccccc1)N/N=C/c1ccc2ccccc2c1. The zero-order valence-electron chi connectivity index (χ0n) is 12.5. The van der Waals surface area contributed by atoms with E-state index < -0.39 is 0 Å². The van der Waals surface area contributed by atoms with Crippen LogP contribution in [0.1, 0.15) is 5.56 Å². The first-order valence-corrected chi connectivity index (χ1v) is 7.30. The summed E-state index contributed by atoms with van der Waals surface area (Å²) in [6, 6.07) is 23.3. The smallest absolute Gasteiger partial charge is 0.277 e. The fraction of sp³-hybridized carbons (Fsp3) is 0.0526. The molecule has 4 heteroatoms. The highest BCUT2D eigenvalue weighted by Gasteiger charge is 2.00. The minimum Gasteiger partial charge on any atom is -0.484 e. The molecule has 0 aliphatic rings. The lowest BCUT2D eigenvalue weighted by Gasteiger charge is -2.04. The van der Waals surface area contributed by atoms with Crippen LogP contribution in [0.4, 0.5) is 0 Å². The van der Waals surface area contributed by atoms with Crippen LogP contribution in [0.3, 0.4) is 0 Å². The van der Waals surface area contributed by atoms with Gasteiger partial charge in [-0.1, -0.05) is 54.6 Å². The summed E-state index contributed by atoms with van der Waals surface area (Å²) in [5.41, 5.74) is 3.38. The number of amides is 1. The summed E-state index contributed by atoms with van der Waals surface area (Å²) in [6.45, 7) is -0.0704. The van der Waals surface area contributed by atoms with Gasteiger partial charge in [0.1, 0.15) is 5.75 Å². The number of carbonyl (C=O) groups is 1. The molecule has 0 saturated carbocycles. The number of carbonyl (C=O) groups excluding carboxylic acids is 1. The van der Waals surface area contributed by atoms with E-state index in [2.05, 4.69) is 16.6 Å². The van der Waals surface area contributed by atoms with Crippen molar-refractivity contribution < 1.29 is 9.53 Å². The standard InChI is InChI=1S/C19H16N2O2/c22-19(14-23-18-8-2-1-3-9-18)21-20-13-15-10-11-16-6-4-5-7-17(16)12-15/h1-13H,14H2,(H,21,22)/b20-13+. The molecule has 114 valence electrons. The molecule has 0 unspecified atom stereocenters. The summed E-state index contributed by atoms with van der Waals surface area (Å²) >= 11 is 0. The number of fused-ring (bicyclic) bond motifs is 1. The molecule has 0 radical (unpaired) electrons. The quantitative estimate of drug-likeness (QED) is 0.580. The third kappa shape index (κ3) is 4.17. The molecule has 0 spiro atoms. The monoisotopic (exact) mass is 304 g/mol. The van der Waals surface area contributed by atoms with Crippen molar-refractivity contribution in [2.24, 2.45) is 5.10 Å². The molecule has 23 heavy (non-hydrogen) atoms. The van der Waals surface area contributed by atoms with E-state index in [1.165, 1.54) is 5.39 Å². The highest BCUT2D eigenvalue weighted by Crippen LogP contribution is 2.14. The first kappa shape index (κ1) is 14.8. The van der Waals surface area contributed by atoms with Gasteiger partial charge in [0.2, 0.25) is 0 Å².